The molecule has 1 aromatic carbocycles. The van der Waals surface area contributed by atoms with Crippen LogP contribution in [0.25, 0.3) is 0 Å². The van der Waals surface area contributed by atoms with Crippen LogP contribution >= 0.6 is 0 Å². The highest BCUT2D eigenvalue weighted by atomic mass is 19.1. The number of aryl methyl sites for hydroxylation is 1. The second-order valence-electron chi connectivity index (χ2n) is 3.33. The van der Waals surface area contributed by atoms with E-state index in [9.17, 15) is 4.39 Å². The van der Waals surface area contributed by atoms with Crippen molar-refractivity contribution in [3.63, 3.8) is 0 Å². The van der Waals surface area contributed by atoms with Gasteiger partial charge in [-0.05, 0) is 25.0 Å². The summed E-state index contributed by atoms with van der Waals surface area (Å²) in [6.07, 6.45) is 0.774. The number of hydrogen-bond donors (Lipinski definition) is 2. The average Bonchev–Trinajstić information content (AvgIpc) is 2.19. The molecular formula is C10H14BFO3. The van der Waals surface area contributed by atoms with Crippen molar-refractivity contribution in [2.24, 2.45) is 0 Å². The van der Waals surface area contributed by atoms with Crippen LogP contribution in [0.4, 0.5) is 4.39 Å². The summed E-state index contributed by atoms with van der Waals surface area (Å²) < 4.78 is 18.8. The molecular weight excluding hydrogens is 198 g/mol. The van der Waals surface area contributed by atoms with E-state index in [2.05, 4.69) is 0 Å². The molecule has 0 amide bonds. The summed E-state index contributed by atoms with van der Waals surface area (Å²) in [5, 5.41) is 18.1. The lowest BCUT2D eigenvalue weighted by molar-refractivity contribution is 0.316. The highest BCUT2D eigenvalue weighted by Gasteiger charge is 2.23. The molecule has 0 unspecified atom stereocenters. The first kappa shape index (κ1) is 12.0. The van der Waals surface area contributed by atoms with E-state index in [0.29, 0.717) is 12.2 Å². The van der Waals surface area contributed by atoms with E-state index >= 15 is 0 Å². The van der Waals surface area contributed by atoms with Crippen molar-refractivity contribution < 1.29 is 19.2 Å². The van der Waals surface area contributed by atoms with Gasteiger partial charge in [0.05, 0.1) is 12.1 Å². The van der Waals surface area contributed by atoms with E-state index in [1.54, 1.807) is 19.1 Å². The zero-order valence-corrected chi connectivity index (χ0v) is 8.83. The lowest BCUT2D eigenvalue weighted by atomic mass is 9.78. The van der Waals surface area contributed by atoms with Crippen molar-refractivity contribution >= 4 is 12.6 Å². The van der Waals surface area contributed by atoms with Crippen molar-refractivity contribution in [3.05, 3.63) is 23.5 Å². The van der Waals surface area contributed by atoms with Crippen LogP contribution in [0.2, 0.25) is 0 Å². The van der Waals surface area contributed by atoms with Gasteiger partial charge in [-0.15, -0.1) is 0 Å². The molecule has 0 atom stereocenters. The molecule has 5 heteroatoms. The number of benzene rings is 1. The number of hydrogen-bond acceptors (Lipinski definition) is 3. The number of halogens is 1. The summed E-state index contributed by atoms with van der Waals surface area (Å²) in [4.78, 5) is 0. The first-order valence-electron chi connectivity index (χ1n) is 4.85. The maximum absolute atomic E-state index is 13.5. The minimum Gasteiger partial charge on any atom is -0.494 e. The first-order chi connectivity index (χ1) is 7.07. The SMILES string of the molecule is CCCOc1ccc(C)c(F)c1B(O)O. The molecule has 0 aliphatic carbocycles. The lowest BCUT2D eigenvalue weighted by Crippen LogP contribution is -2.35. The molecule has 0 aliphatic heterocycles. The Labute approximate surface area is 88.7 Å². The Kier molecular flexibility index (Phi) is 4.11. The highest BCUT2D eigenvalue weighted by molar-refractivity contribution is 6.59. The predicted octanol–water partition coefficient (Wildman–Crippen LogP) is 0.603. The van der Waals surface area contributed by atoms with E-state index in [-0.39, 0.29) is 11.2 Å². The molecule has 1 aromatic rings. The largest absolute Gasteiger partial charge is 0.495 e. The van der Waals surface area contributed by atoms with Crippen LogP contribution < -0.4 is 10.2 Å². The smallest absolute Gasteiger partial charge is 0.494 e. The van der Waals surface area contributed by atoms with Crippen molar-refractivity contribution in [1.82, 2.24) is 0 Å². The molecule has 0 aromatic heterocycles. The van der Waals surface area contributed by atoms with Crippen LogP contribution in [0.3, 0.4) is 0 Å². The summed E-state index contributed by atoms with van der Waals surface area (Å²) in [7, 11) is -1.85. The molecule has 0 bridgehead atoms. The van der Waals surface area contributed by atoms with Crippen molar-refractivity contribution in [2.75, 3.05) is 6.61 Å². The molecule has 1 rings (SSSR count). The molecule has 0 fully saturated rings. The number of rotatable bonds is 4. The van der Waals surface area contributed by atoms with Gasteiger partial charge in [0.15, 0.2) is 0 Å². The molecule has 0 saturated carbocycles. The Hall–Kier alpha value is -1.07. The zero-order chi connectivity index (χ0) is 11.4. The Morgan fingerprint density at radius 1 is 1.40 bits per heavy atom. The average molecular weight is 212 g/mol. The summed E-state index contributed by atoms with van der Waals surface area (Å²) in [6, 6.07) is 3.09. The van der Waals surface area contributed by atoms with Gasteiger partial charge < -0.3 is 14.8 Å². The van der Waals surface area contributed by atoms with Crippen molar-refractivity contribution in [1.29, 1.82) is 0 Å². The second kappa shape index (κ2) is 5.14. The van der Waals surface area contributed by atoms with Gasteiger partial charge in [-0.2, -0.15) is 0 Å². The third-order valence-electron chi connectivity index (χ3n) is 2.05. The predicted molar refractivity (Wildman–Crippen MR) is 56.7 cm³/mol. The Morgan fingerprint density at radius 3 is 2.60 bits per heavy atom. The maximum atomic E-state index is 13.5. The van der Waals surface area contributed by atoms with Gasteiger partial charge in [-0.3, -0.25) is 0 Å². The van der Waals surface area contributed by atoms with Gasteiger partial charge in [0.2, 0.25) is 0 Å². The Morgan fingerprint density at radius 2 is 2.07 bits per heavy atom. The maximum Gasteiger partial charge on any atom is 0.495 e. The van der Waals surface area contributed by atoms with Gasteiger partial charge in [-0.25, -0.2) is 4.39 Å². The molecule has 0 spiro atoms. The molecule has 0 saturated heterocycles. The number of ether oxygens (including phenoxy) is 1. The zero-order valence-electron chi connectivity index (χ0n) is 8.83. The molecule has 0 radical (unpaired) electrons. The fourth-order valence-corrected chi connectivity index (χ4v) is 1.26. The van der Waals surface area contributed by atoms with Gasteiger partial charge in [0.25, 0.3) is 0 Å². The Bertz CT molecular complexity index is 342. The standard InChI is InChI=1S/C10H14BFO3/c1-3-6-15-8-5-4-7(2)10(12)9(8)11(13)14/h4-5,13-14H,3,6H2,1-2H3. The van der Waals surface area contributed by atoms with Crippen molar-refractivity contribution in [3.8, 4) is 5.75 Å². The van der Waals surface area contributed by atoms with E-state index < -0.39 is 12.9 Å². The minimum absolute atomic E-state index is 0.190. The van der Waals surface area contributed by atoms with E-state index in [4.69, 9.17) is 14.8 Å². The van der Waals surface area contributed by atoms with Crippen LogP contribution in [0.15, 0.2) is 12.1 Å². The highest BCUT2D eigenvalue weighted by Crippen LogP contribution is 2.14. The van der Waals surface area contributed by atoms with Crippen LogP contribution in [0.5, 0.6) is 5.75 Å². The minimum atomic E-state index is -1.85. The summed E-state index contributed by atoms with van der Waals surface area (Å²) in [5.41, 5.74) is 0.172. The van der Waals surface area contributed by atoms with Gasteiger partial charge in [-0.1, -0.05) is 13.0 Å². The van der Waals surface area contributed by atoms with Crippen LogP contribution in [-0.2, 0) is 0 Å². The molecule has 3 nitrogen and oxygen atoms in total. The van der Waals surface area contributed by atoms with Crippen LogP contribution in [0.1, 0.15) is 18.9 Å². The quantitative estimate of drug-likeness (QED) is 0.718. The lowest BCUT2D eigenvalue weighted by Gasteiger charge is -2.12. The third kappa shape index (κ3) is 2.70. The van der Waals surface area contributed by atoms with E-state index in [1.807, 2.05) is 6.92 Å². The summed E-state index contributed by atoms with van der Waals surface area (Å²) in [6.45, 7) is 3.90. The van der Waals surface area contributed by atoms with Crippen LogP contribution in [-0.4, -0.2) is 23.8 Å². The second-order valence-corrected chi connectivity index (χ2v) is 3.33. The molecule has 0 heterocycles. The van der Waals surface area contributed by atoms with Gasteiger partial charge in [0.1, 0.15) is 11.6 Å². The molecule has 82 valence electrons. The summed E-state index contributed by atoms with van der Waals surface area (Å²) in [5.74, 6) is -0.437. The van der Waals surface area contributed by atoms with Gasteiger partial charge >= 0.3 is 7.12 Å². The first-order valence-corrected chi connectivity index (χ1v) is 4.85. The Balaban J connectivity index is 3.09. The third-order valence-corrected chi connectivity index (χ3v) is 2.05. The molecule has 2 N–H and O–H groups in total. The van der Waals surface area contributed by atoms with E-state index in [1.165, 1.54) is 0 Å². The summed E-state index contributed by atoms with van der Waals surface area (Å²) >= 11 is 0. The fourth-order valence-electron chi connectivity index (χ4n) is 1.26. The van der Waals surface area contributed by atoms with Gasteiger partial charge in [0, 0.05) is 0 Å². The normalized spacial score (nSPS) is 10.2. The van der Waals surface area contributed by atoms with Crippen LogP contribution in [0, 0.1) is 12.7 Å². The van der Waals surface area contributed by atoms with E-state index in [0.717, 1.165) is 6.42 Å². The molecule has 0 aliphatic rings. The topological polar surface area (TPSA) is 49.7 Å². The van der Waals surface area contributed by atoms with Crippen molar-refractivity contribution in [2.45, 2.75) is 20.3 Å². The fraction of sp³-hybridized carbons (Fsp3) is 0.400. The monoisotopic (exact) mass is 212 g/mol. The molecule has 15 heavy (non-hydrogen) atoms.